The van der Waals surface area contributed by atoms with Gasteiger partial charge in [-0.05, 0) is 65.2 Å². The average molecular weight is 685 g/mol. The van der Waals surface area contributed by atoms with E-state index >= 15 is 0 Å². The number of aliphatic hydroxyl groups excluding tert-OH is 1. The van der Waals surface area contributed by atoms with Crippen LogP contribution in [0.1, 0.15) is 107 Å². The summed E-state index contributed by atoms with van der Waals surface area (Å²) in [7, 11) is 3.28. The van der Waals surface area contributed by atoms with Crippen LogP contribution in [0.25, 0.3) is 0 Å². The van der Waals surface area contributed by atoms with E-state index in [1.165, 1.54) is 0 Å². The van der Waals surface area contributed by atoms with Gasteiger partial charge < -0.3 is 48.5 Å². The number of ether oxygens (including phenoxy) is 7. The molecule has 0 aromatic rings. The summed E-state index contributed by atoms with van der Waals surface area (Å²) in [6.45, 7) is 17.9. The maximum atomic E-state index is 11.9. The minimum absolute atomic E-state index is 0.00335. The van der Waals surface area contributed by atoms with E-state index < -0.39 is 53.0 Å². The van der Waals surface area contributed by atoms with Crippen molar-refractivity contribution >= 4 is 5.97 Å². The minimum atomic E-state index is -1.48. The van der Waals surface area contributed by atoms with Gasteiger partial charge in [-0.1, -0.05) is 41.5 Å². The third-order valence-corrected chi connectivity index (χ3v) is 13.3. The van der Waals surface area contributed by atoms with Crippen LogP contribution >= 0.6 is 0 Å². The zero-order valence-corrected chi connectivity index (χ0v) is 31.1. The fourth-order valence-corrected chi connectivity index (χ4v) is 10.4. The number of hydrogen-bond acceptors (Lipinski definition) is 10. The van der Waals surface area contributed by atoms with Crippen LogP contribution in [0.2, 0.25) is 0 Å². The van der Waals surface area contributed by atoms with Crippen molar-refractivity contribution in [2.75, 3.05) is 14.2 Å². The number of rotatable bonds is 11. The highest BCUT2D eigenvalue weighted by Gasteiger charge is 2.63. The minimum Gasteiger partial charge on any atom is -0.481 e. The molecule has 278 valence electrons. The van der Waals surface area contributed by atoms with Gasteiger partial charge in [0.25, 0.3) is 0 Å². The molecule has 5 aliphatic heterocycles. The van der Waals surface area contributed by atoms with E-state index in [1.807, 2.05) is 27.7 Å². The number of carbonyl (C=O) groups is 1. The van der Waals surface area contributed by atoms with E-state index in [9.17, 15) is 20.1 Å². The Hall–Kier alpha value is -0.890. The molecule has 0 aromatic carbocycles. The lowest BCUT2D eigenvalue weighted by molar-refractivity contribution is -0.346. The van der Waals surface area contributed by atoms with Crippen molar-refractivity contribution in [1.29, 1.82) is 0 Å². The van der Waals surface area contributed by atoms with Crippen molar-refractivity contribution in [3.63, 3.8) is 0 Å². The molecule has 0 amide bonds. The van der Waals surface area contributed by atoms with Crippen molar-refractivity contribution < 1.29 is 53.3 Å². The number of aliphatic carboxylic acids is 1. The van der Waals surface area contributed by atoms with Crippen LogP contribution in [-0.2, 0) is 38.0 Å². The SMILES string of the molecule is CC[C@@H](O)[C@]1(C)C[C@@H](C)[C@](O)([C@H]2C[C@@H](C)[C@H]([C@@]3(C)CC[C@@H]([C@@H]4CC[C@]5(O[C@H]([C@@H](C)[C@H](OC)[C@H](C)C(=O)O)[C@@H](C)[C@@H](OC)[C@H]5C)O4)O3)O2)O1. The van der Waals surface area contributed by atoms with Gasteiger partial charge in [-0.2, -0.15) is 0 Å². The van der Waals surface area contributed by atoms with Crippen molar-refractivity contribution in [2.24, 2.45) is 35.5 Å². The van der Waals surface area contributed by atoms with Crippen LogP contribution in [0.5, 0.6) is 0 Å². The lowest BCUT2D eigenvalue weighted by Crippen LogP contribution is -2.60. The van der Waals surface area contributed by atoms with E-state index in [2.05, 4.69) is 27.7 Å². The third kappa shape index (κ3) is 6.40. The van der Waals surface area contributed by atoms with Gasteiger partial charge in [-0.25, -0.2) is 0 Å². The summed E-state index contributed by atoms with van der Waals surface area (Å²) < 4.78 is 45.6. The molecule has 0 radical (unpaired) electrons. The highest BCUT2D eigenvalue weighted by molar-refractivity contribution is 5.70. The number of hydrogen-bond donors (Lipinski definition) is 3. The average Bonchev–Trinajstić information content (AvgIpc) is 3.80. The number of carboxylic acid groups (broad SMARTS) is 1. The second kappa shape index (κ2) is 13.9. The smallest absolute Gasteiger partial charge is 0.308 e. The predicted molar refractivity (Wildman–Crippen MR) is 177 cm³/mol. The van der Waals surface area contributed by atoms with Gasteiger partial charge in [0.2, 0.25) is 0 Å². The van der Waals surface area contributed by atoms with E-state index in [4.69, 9.17) is 33.2 Å². The zero-order chi connectivity index (χ0) is 35.6. The van der Waals surface area contributed by atoms with Gasteiger partial charge >= 0.3 is 5.97 Å². The molecule has 0 aromatic heterocycles. The number of methoxy groups -OCH3 is 2. The van der Waals surface area contributed by atoms with Gasteiger partial charge in [0, 0.05) is 44.3 Å². The summed E-state index contributed by atoms with van der Waals surface area (Å²) in [5, 5.41) is 32.3. The van der Waals surface area contributed by atoms with Gasteiger partial charge in [0.1, 0.15) is 6.10 Å². The maximum Gasteiger partial charge on any atom is 0.308 e. The molecule has 11 heteroatoms. The number of carboxylic acids is 1. The molecular weight excluding hydrogens is 620 g/mol. The second-order valence-electron chi connectivity index (χ2n) is 16.6. The Morgan fingerprint density at radius 1 is 1.00 bits per heavy atom. The Morgan fingerprint density at radius 2 is 1.65 bits per heavy atom. The van der Waals surface area contributed by atoms with Gasteiger partial charge in [0.15, 0.2) is 11.6 Å². The number of aliphatic hydroxyl groups is 2. The molecule has 0 aliphatic carbocycles. The zero-order valence-electron chi connectivity index (χ0n) is 31.1. The molecule has 5 aliphatic rings. The fourth-order valence-electron chi connectivity index (χ4n) is 10.4. The molecule has 0 saturated carbocycles. The molecule has 5 heterocycles. The van der Waals surface area contributed by atoms with Gasteiger partial charge in [-0.15, -0.1) is 0 Å². The second-order valence-corrected chi connectivity index (χ2v) is 16.6. The summed E-state index contributed by atoms with van der Waals surface area (Å²) >= 11 is 0. The third-order valence-electron chi connectivity index (χ3n) is 13.3. The maximum absolute atomic E-state index is 11.9. The largest absolute Gasteiger partial charge is 0.481 e. The first-order valence-corrected chi connectivity index (χ1v) is 18.5. The van der Waals surface area contributed by atoms with Crippen LogP contribution in [0, 0.1) is 35.5 Å². The quantitative estimate of drug-likeness (QED) is 0.273. The van der Waals surface area contributed by atoms with E-state index in [-0.39, 0.29) is 60.1 Å². The lowest BCUT2D eigenvalue weighted by atomic mass is 9.74. The summed E-state index contributed by atoms with van der Waals surface area (Å²) in [4.78, 5) is 11.9. The first kappa shape index (κ1) is 38.3. The van der Waals surface area contributed by atoms with Gasteiger partial charge in [-0.3, -0.25) is 4.79 Å². The molecule has 5 fully saturated rings. The molecule has 18 atom stereocenters. The Labute approximate surface area is 287 Å². The Morgan fingerprint density at radius 3 is 2.25 bits per heavy atom. The molecule has 0 unspecified atom stereocenters. The van der Waals surface area contributed by atoms with Crippen molar-refractivity contribution in [2.45, 2.75) is 179 Å². The van der Waals surface area contributed by atoms with E-state index in [1.54, 1.807) is 21.1 Å². The lowest BCUT2D eigenvalue weighted by Gasteiger charge is -2.52. The molecule has 5 saturated heterocycles. The van der Waals surface area contributed by atoms with E-state index in [0.717, 1.165) is 19.3 Å². The molecule has 5 rings (SSSR count). The monoisotopic (exact) mass is 684 g/mol. The van der Waals surface area contributed by atoms with Crippen LogP contribution in [0.4, 0.5) is 0 Å². The molecule has 11 nitrogen and oxygen atoms in total. The highest BCUT2D eigenvalue weighted by atomic mass is 16.7. The van der Waals surface area contributed by atoms with Crippen LogP contribution in [0.15, 0.2) is 0 Å². The highest BCUT2D eigenvalue weighted by Crippen LogP contribution is 2.54. The standard InChI is InChI=1S/C37H64O11/c1-12-27(38)35(9)18-20(3)37(41,48-35)28-17-19(2)32(44-28)34(8)15-13-25(45-34)26-14-16-36(46-26)24(7)31(43-11)22(5)30(47-36)21(4)29(42-10)23(6)33(39)40/h19-32,38,41H,12-18H2,1-11H3,(H,39,40)/t19-,20-,21+,22-,23+,24-,25+,26+,27-,28-,29+,30-,31-,32-,34-,35+,36-,37-/m1/s1. The molecular formula is C37H64O11. The Balaban J connectivity index is 1.28. The fraction of sp³-hybridized carbons (Fsp3) is 0.973. The first-order chi connectivity index (χ1) is 22.4. The summed E-state index contributed by atoms with van der Waals surface area (Å²) in [5.41, 5.74) is -1.39. The summed E-state index contributed by atoms with van der Waals surface area (Å²) in [6, 6.07) is 0. The van der Waals surface area contributed by atoms with E-state index in [0.29, 0.717) is 25.7 Å². The molecule has 1 spiro atoms. The van der Waals surface area contributed by atoms with Gasteiger partial charge in [0.05, 0.1) is 59.8 Å². The molecule has 0 bridgehead atoms. The summed E-state index contributed by atoms with van der Waals surface area (Å²) in [5.74, 6) is -4.30. The normalized spacial score (nSPS) is 50.5. The van der Waals surface area contributed by atoms with Crippen LogP contribution < -0.4 is 0 Å². The van der Waals surface area contributed by atoms with Crippen molar-refractivity contribution in [1.82, 2.24) is 0 Å². The summed E-state index contributed by atoms with van der Waals surface area (Å²) in [6.07, 6.45) is 2.04. The predicted octanol–water partition coefficient (Wildman–Crippen LogP) is 4.93. The molecule has 3 N–H and O–H groups in total. The van der Waals surface area contributed by atoms with Crippen molar-refractivity contribution in [3.05, 3.63) is 0 Å². The Bertz CT molecular complexity index is 1140. The topological polar surface area (TPSA) is 142 Å². The van der Waals surface area contributed by atoms with Crippen molar-refractivity contribution in [3.8, 4) is 0 Å². The molecule has 48 heavy (non-hydrogen) atoms. The van der Waals surface area contributed by atoms with Crippen LogP contribution in [-0.4, -0.2) is 107 Å². The van der Waals surface area contributed by atoms with Crippen LogP contribution in [0.3, 0.4) is 0 Å². The Kier molecular flexibility index (Phi) is 11.1. The first-order valence-electron chi connectivity index (χ1n) is 18.5.